The van der Waals surface area contributed by atoms with E-state index in [1.807, 2.05) is 13.8 Å². The second kappa shape index (κ2) is 8.70. The largest absolute Gasteiger partial charge is 0.573 e. The lowest BCUT2D eigenvalue weighted by atomic mass is 10.2. The maximum Gasteiger partial charge on any atom is 0.573 e. The number of likely N-dealkylation sites (N-methyl/N-ethyl adjacent to an activating group) is 1. The summed E-state index contributed by atoms with van der Waals surface area (Å²) >= 11 is 0. The van der Waals surface area contributed by atoms with Crippen LogP contribution < -0.4 is 15.4 Å². The Labute approximate surface area is 144 Å². The number of benzene rings is 1. The van der Waals surface area contributed by atoms with E-state index in [-0.39, 0.29) is 30.2 Å². The van der Waals surface area contributed by atoms with E-state index in [2.05, 4.69) is 15.4 Å². The molecule has 0 aliphatic heterocycles. The van der Waals surface area contributed by atoms with Gasteiger partial charge in [0.1, 0.15) is 5.75 Å². The molecule has 1 rings (SSSR count). The molecule has 0 spiro atoms. The number of carbonyl (C=O) groups excluding carboxylic acids is 2. The van der Waals surface area contributed by atoms with E-state index in [1.54, 1.807) is 18.9 Å². The molecule has 140 valence electrons. The van der Waals surface area contributed by atoms with Crippen LogP contribution in [0.4, 0.5) is 18.9 Å². The van der Waals surface area contributed by atoms with E-state index < -0.39 is 12.4 Å². The molecular formula is C16H22F3N3O3. The van der Waals surface area contributed by atoms with Gasteiger partial charge in [-0.1, -0.05) is 0 Å². The Morgan fingerprint density at radius 1 is 1.16 bits per heavy atom. The van der Waals surface area contributed by atoms with Gasteiger partial charge < -0.3 is 15.4 Å². The number of nitrogens with zero attached hydrogens (tertiary/aromatic N) is 1. The van der Waals surface area contributed by atoms with E-state index in [1.165, 1.54) is 12.1 Å². The molecule has 0 fully saturated rings. The first-order chi connectivity index (χ1) is 11.5. The average Bonchev–Trinajstić information content (AvgIpc) is 2.45. The van der Waals surface area contributed by atoms with Crippen molar-refractivity contribution in [3.05, 3.63) is 24.3 Å². The van der Waals surface area contributed by atoms with Crippen molar-refractivity contribution in [2.75, 3.05) is 18.9 Å². The Hall–Kier alpha value is -2.29. The summed E-state index contributed by atoms with van der Waals surface area (Å²) < 4.78 is 40.1. The van der Waals surface area contributed by atoms with Crippen molar-refractivity contribution >= 4 is 17.5 Å². The van der Waals surface area contributed by atoms with Gasteiger partial charge in [0.2, 0.25) is 11.8 Å². The zero-order valence-electron chi connectivity index (χ0n) is 14.5. The van der Waals surface area contributed by atoms with Crippen LogP contribution in [-0.4, -0.2) is 48.8 Å². The molecule has 0 unspecified atom stereocenters. The number of nitrogens with one attached hydrogen (secondary N) is 2. The lowest BCUT2D eigenvalue weighted by Crippen LogP contribution is -2.45. The molecule has 0 aliphatic rings. The van der Waals surface area contributed by atoms with Crippen LogP contribution in [0.1, 0.15) is 20.8 Å². The molecule has 0 bridgehead atoms. The minimum absolute atomic E-state index is 0.00228. The van der Waals surface area contributed by atoms with Crippen molar-refractivity contribution in [1.82, 2.24) is 10.2 Å². The predicted molar refractivity (Wildman–Crippen MR) is 87.1 cm³/mol. The Kier molecular flexibility index (Phi) is 7.22. The van der Waals surface area contributed by atoms with E-state index in [9.17, 15) is 22.8 Å². The Morgan fingerprint density at radius 2 is 1.72 bits per heavy atom. The molecule has 6 nitrogen and oxygen atoms in total. The first-order valence-corrected chi connectivity index (χ1v) is 7.64. The number of anilines is 1. The van der Waals surface area contributed by atoms with Crippen LogP contribution in [0.25, 0.3) is 0 Å². The van der Waals surface area contributed by atoms with Crippen LogP contribution in [0.15, 0.2) is 24.3 Å². The van der Waals surface area contributed by atoms with Crippen LogP contribution >= 0.6 is 0 Å². The topological polar surface area (TPSA) is 70.7 Å². The lowest BCUT2D eigenvalue weighted by Gasteiger charge is -2.23. The lowest BCUT2D eigenvalue weighted by molar-refractivity contribution is -0.274. The highest BCUT2D eigenvalue weighted by Crippen LogP contribution is 2.24. The molecule has 1 aromatic rings. The number of amides is 2. The minimum Gasteiger partial charge on any atom is -0.406 e. The Bertz CT molecular complexity index is 589. The van der Waals surface area contributed by atoms with Gasteiger partial charge in [0.25, 0.3) is 0 Å². The molecule has 0 aromatic heterocycles. The monoisotopic (exact) mass is 361 g/mol. The fraction of sp³-hybridized carbons (Fsp3) is 0.500. The third kappa shape index (κ3) is 7.88. The van der Waals surface area contributed by atoms with Gasteiger partial charge in [-0.15, -0.1) is 13.2 Å². The van der Waals surface area contributed by atoms with Crippen LogP contribution in [0.5, 0.6) is 5.75 Å². The van der Waals surface area contributed by atoms with E-state index >= 15 is 0 Å². The fourth-order valence-corrected chi connectivity index (χ4v) is 1.92. The van der Waals surface area contributed by atoms with Gasteiger partial charge in [0, 0.05) is 11.7 Å². The number of hydrogen-bond donors (Lipinski definition) is 2. The maximum atomic E-state index is 12.2. The standard InChI is InChI=1S/C16H22F3N3O3/c1-10(2)20-14(23)9-22(4)11(3)15(24)21-12-5-7-13(8-6-12)25-16(17,18)19/h5-8,10-11H,9H2,1-4H3,(H,20,23)(H,21,24)/t11-/m1/s1. The molecule has 1 atom stereocenters. The molecule has 0 aliphatic carbocycles. The quantitative estimate of drug-likeness (QED) is 0.782. The summed E-state index contributed by atoms with van der Waals surface area (Å²) in [4.78, 5) is 25.4. The molecule has 0 saturated heterocycles. The third-order valence-corrected chi connectivity index (χ3v) is 3.24. The van der Waals surface area contributed by atoms with Crippen LogP contribution in [-0.2, 0) is 9.59 Å². The van der Waals surface area contributed by atoms with E-state index in [0.29, 0.717) is 5.69 Å². The van der Waals surface area contributed by atoms with Gasteiger partial charge in [-0.2, -0.15) is 0 Å². The van der Waals surface area contributed by atoms with Crippen molar-refractivity contribution in [1.29, 1.82) is 0 Å². The predicted octanol–water partition coefficient (Wildman–Crippen LogP) is 2.37. The SMILES string of the molecule is CC(C)NC(=O)CN(C)[C@H](C)C(=O)Nc1ccc(OC(F)(F)F)cc1. The molecule has 25 heavy (non-hydrogen) atoms. The summed E-state index contributed by atoms with van der Waals surface area (Å²) in [6.07, 6.45) is -4.77. The van der Waals surface area contributed by atoms with Crippen molar-refractivity contribution in [2.45, 2.75) is 39.2 Å². The number of halogens is 3. The zero-order chi connectivity index (χ0) is 19.2. The van der Waals surface area contributed by atoms with Crippen molar-refractivity contribution < 1.29 is 27.5 Å². The van der Waals surface area contributed by atoms with Crippen molar-refractivity contribution in [3.63, 3.8) is 0 Å². The number of carbonyl (C=O) groups is 2. The van der Waals surface area contributed by atoms with Crippen molar-refractivity contribution in [2.24, 2.45) is 0 Å². The summed E-state index contributed by atoms with van der Waals surface area (Å²) in [6, 6.07) is 4.21. The van der Waals surface area contributed by atoms with Gasteiger partial charge in [0.05, 0.1) is 12.6 Å². The van der Waals surface area contributed by atoms with Crippen molar-refractivity contribution in [3.8, 4) is 5.75 Å². The van der Waals surface area contributed by atoms with Gasteiger partial charge in [0.15, 0.2) is 0 Å². The molecule has 1 aromatic carbocycles. The molecule has 0 radical (unpaired) electrons. The average molecular weight is 361 g/mol. The van der Waals surface area contributed by atoms with Gasteiger partial charge in [-0.3, -0.25) is 14.5 Å². The molecular weight excluding hydrogens is 339 g/mol. The van der Waals surface area contributed by atoms with Gasteiger partial charge >= 0.3 is 6.36 Å². The highest BCUT2D eigenvalue weighted by molar-refractivity contribution is 5.95. The zero-order valence-corrected chi connectivity index (χ0v) is 14.5. The third-order valence-electron chi connectivity index (χ3n) is 3.24. The molecule has 9 heteroatoms. The Balaban J connectivity index is 2.58. The highest BCUT2D eigenvalue weighted by Gasteiger charge is 2.31. The number of ether oxygens (including phenoxy) is 1. The minimum atomic E-state index is -4.77. The molecule has 0 saturated carbocycles. The normalized spacial score (nSPS) is 12.8. The summed E-state index contributed by atoms with van der Waals surface area (Å²) in [7, 11) is 1.63. The smallest absolute Gasteiger partial charge is 0.406 e. The van der Waals surface area contributed by atoms with Crippen LogP contribution in [0.3, 0.4) is 0 Å². The number of alkyl halides is 3. The molecule has 0 heterocycles. The fourth-order valence-electron chi connectivity index (χ4n) is 1.92. The summed E-state index contributed by atoms with van der Waals surface area (Å²) in [5, 5.41) is 5.30. The van der Waals surface area contributed by atoms with Crippen LogP contribution in [0.2, 0.25) is 0 Å². The second-order valence-electron chi connectivity index (χ2n) is 5.87. The van der Waals surface area contributed by atoms with E-state index in [0.717, 1.165) is 12.1 Å². The van der Waals surface area contributed by atoms with Gasteiger partial charge in [-0.25, -0.2) is 0 Å². The summed E-state index contributed by atoms with van der Waals surface area (Å²) in [6.45, 7) is 5.34. The first-order valence-electron chi connectivity index (χ1n) is 7.64. The number of hydrogen-bond acceptors (Lipinski definition) is 4. The Morgan fingerprint density at radius 3 is 2.20 bits per heavy atom. The van der Waals surface area contributed by atoms with E-state index in [4.69, 9.17) is 0 Å². The molecule has 2 N–H and O–H groups in total. The highest BCUT2D eigenvalue weighted by atomic mass is 19.4. The molecule has 2 amide bonds. The summed E-state index contributed by atoms with van der Waals surface area (Å²) in [5.41, 5.74) is 0.325. The second-order valence-corrected chi connectivity index (χ2v) is 5.87. The van der Waals surface area contributed by atoms with Gasteiger partial charge in [-0.05, 0) is 52.1 Å². The summed E-state index contributed by atoms with van der Waals surface area (Å²) in [5.74, 6) is -0.962. The first kappa shape index (κ1) is 20.8. The van der Waals surface area contributed by atoms with Crippen LogP contribution in [0, 0.1) is 0 Å². The maximum absolute atomic E-state index is 12.2. The number of rotatable bonds is 7.